The first kappa shape index (κ1) is 11.2. The molecule has 1 aliphatic rings. The zero-order valence-electron chi connectivity index (χ0n) is 9.01. The standard InChI is InChI=1S/C11H14ClN3O/c1-13-11(16)9-4-7(2-3-10(9)12)15-8-5-14-6-8/h2-4,8,14-15H,5-6H2,1H3,(H,13,16). The SMILES string of the molecule is CNC(=O)c1cc(NC2CNC2)ccc1Cl. The van der Waals surface area contributed by atoms with E-state index in [4.69, 9.17) is 11.6 Å². The monoisotopic (exact) mass is 239 g/mol. The Hall–Kier alpha value is -1.26. The first-order chi connectivity index (χ1) is 7.70. The van der Waals surface area contributed by atoms with Crippen LogP contribution >= 0.6 is 11.6 Å². The number of nitrogens with one attached hydrogen (secondary N) is 3. The van der Waals surface area contributed by atoms with E-state index in [-0.39, 0.29) is 5.91 Å². The van der Waals surface area contributed by atoms with Gasteiger partial charge in [0.25, 0.3) is 5.91 Å². The van der Waals surface area contributed by atoms with Gasteiger partial charge >= 0.3 is 0 Å². The Morgan fingerprint density at radius 1 is 1.50 bits per heavy atom. The molecule has 86 valence electrons. The molecular weight excluding hydrogens is 226 g/mol. The number of rotatable bonds is 3. The summed E-state index contributed by atoms with van der Waals surface area (Å²) in [6, 6.07) is 5.84. The van der Waals surface area contributed by atoms with Gasteiger partial charge in [-0.3, -0.25) is 4.79 Å². The van der Waals surface area contributed by atoms with E-state index >= 15 is 0 Å². The van der Waals surface area contributed by atoms with E-state index in [1.54, 1.807) is 19.2 Å². The van der Waals surface area contributed by atoms with Gasteiger partial charge in [0.2, 0.25) is 0 Å². The fourth-order valence-corrected chi connectivity index (χ4v) is 1.75. The van der Waals surface area contributed by atoms with Gasteiger partial charge in [-0.15, -0.1) is 0 Å². The summed E-state index contributed by atoms with van der Waals surface area (Å²) in [5.41, 5.74) is 1.43. The van der Waals surface area contributed by atoms with Crippen molar-refractivity contribution in [1.82, 2.24) is 10.6 Å². The second-order valence-corrected chi connectivity index (χ2v) is 4.18. The van der Waals surface area contributed by atoms with Gasteiger partial charge in [0.05, 0.1) is 16.6 Å². The molecule has 16 heavy (non-hydrogen) atoms. The lowest BCUT2D eigenvalue weighted by Gasteiger charge is -2.29. The third kappa shape index (κ3) is 2.28. The molecule has 1 aliphatic heterocycles. The van der Waals surface area contributed by atoms with Crippen molar-refractivity contribution in [3.63, 3.8) is 0 Å². The molecule has 2 rings (SSSR count). The molecule has 1 heterocycles. The van der Waals surface area contributed by atoms with Crippen LogP contribution in [0.2, 0.25) is 5.02 Å². The quantitative estimate of drug-likeness (QED) is 0.740. The molecule has 1 aromatic rings. The van der Waals surface area contributed by atoms with Gasteiger partial charge in [0.15, 0.2) is 0 Å². The molecule has 0 spiro atoms. The van der Waals surface area contributed by atoms with Gasteiger partial charge < -0.3 is 16.0 Å². The van der Waals surface area contributed by atoms with Crippen LogP contribution in [0.15, 0.2) is 18.2 Å². The summed E-state index contributed by atoms with van der Waals surface area (Å²) in [5.74, 6) is -0.166. The van der Waals surface area contributed by atoms with E-state index in [1.807, 2.05) is 6.07 Å². The fourth-order valence-electron chi connectivity index (χ4n) is 1.55. The molecule has 0 aliphatic carbocycles. The molecule has 1 fully saturated rings. The molecule has 1 aromatic carbocycles. The Labute approximate surface area is 99.4 Å². The van der Waals surface area contributed by atoms with Crippen LogP contribution in [-0.4, -0.2) is 32.1 Å². The number of benzene rings is 1. The third-order valence-electron chi connectivity index (χ3n) is 2.59. The van der Waals surface area contributed by atoms with Crippen molar-refractivity contribution in [2.75, 3.05) is 25.5 Å². The molecule has 1 amide bonds. The molecule has 0 aromatic heterocycles. The largest absolute Gasteiger partial charge is 0.380 e. The average molecular weight is 240 g/mol. The lowest BCUT2D eigenvalue weighted by Crippen LogP contribution is -2.51. The highest BCUT2D eigenvalue weighted by Gasteiger charge is 2.17. The van der Waals surface area contributed by atoms with E-state index in [2.05, 4.69) is 16.0 Å². The predicted molar refractivity (Wildman–Crippen MR) is 65.1 cm³/mol. The number of anilines is 1. The zero-order chi connectivity index (χ0) is 11.5. The summed E-state index contributed by atoms with van der Waals surface area (Å²) in [5, 5.41) is 9.53. The number of amides is 1. The Kier molecular flexibility index (Phi) is 3.31. The Bertz CT molecular complexity index is 404. The highest BCUT2D eigenvalue weighted by molar-refractivity contribution is 6.34. The summed E-state index contributed by atoms with van der Waals surface area (Å²) in [6.45, 7) is 1.91. The maximum absolute atomic E-state index is 11.5. The maximum Gasteiger partial charge on any atom is 0.252 e. The molecule has 0 unspecified atom stereocenters. The van der Waals surface area contributed by atoms with Crippen molar-refractivity contribution in [1.29, 1.82) is 0 Å². The zero-order valence-corrected chi connectivity index (χ0v) is 9.77. The molecular formula is C11H14ClN3O. The Morgan fingerprint density at radius 2 is 2.25 bits per heavy atom. The predicted octanol–water partition coefficient (Wildman–Crippen LogP) is 1.08. The average Bonchev–Trinajstić information content (AvgIpc) is 2.24. The molecule has 5 heteroatoms. The molecule has 0 bridgehead atoms. The van der Waals surface area contributed by atoms with E-state index < -0.39 is 0 Å². The van der Waals surface area contributed by atoms with E-state index in [1.165, 1.54) is 0 Å². The molecule has 3 N–H and O–H groups in total. The number of carbonyl (C=O) groups is 1. The first-order valence-corrected chi connectivity index (χ1v) is 5.57. The summed E-state index contributed by atoms with van der Waals surface area (Å²) >= 11 is 5.95. The van der Waals surface area contributed by atoms with E-state index in [9.17, 15) is 4.79 Å². The molecule has 0 radical (unpaired) electrons. The van der Waals surface area contributed by atoms with E-state index in [0.717, 1.165) is 18.8 Å². The summed E-state index contributed by atoms with van der Waals surface area (Å²) in [7, 11) is 1.59. The van der Waals surface area contributed by atoms with Gasteiger partial charge in [-0.2, -0.15) is 0 Å². The topological polar surface area (TPSA) is 53.2 Å². The normalized spacial score (nSPS) is 15.4. The summed E-state index contributed by atoms with van der Waals surface area (Å²) in [4.78, 5) is 11.5. The Balaban J connectivity index is 2.17. The van der Waals surface area contributed by atoms with Crippen LogP contribution in [0.3, 0.4) is 0 Å². The highest BCUT2D eigenvalue weighted by Crippen LogP contribution is 2.21. The Morgan fingerprint density at radius 3 is 2.81 bits per heavy atom. The van der Waals surface area contributed by atoms with Crippen LogP contribution in [0.25, 0.3) is 0 Å². The van der Waals surface area contributed by atoms with Crippen LogP contribution in [0.4, 0.5) is 5.69 Å². The summed E-state index contributed by atoms with van der Waals surface area (Å²) < 4.78 is 0. The minimum absolute atomic E-state index is 0.166. The molecule has 4 nitrogen and oxygen atoms in total. The van der Waals surface area contributed by atoms with Crippen LogP contribution in [0.1, 0.15) is 10.4 Å². The van der Waals surface area contributed by atoms with E-state index in [0.29, 0.717) is 16.6 Å². The van der Waals surface area contributed by atoms with Gasteiger partial charge in [0.1, 0.15) is 0 Å². The third-order valence-corrected chi connectivity index (χ3v) is 2.92. The van der Waals surface area contributed by atoms with Crippen molar-refractivity contribution in [3.8, 4) is 0 Å². The fraction of sp³-hybridized carbons (Fsp3) is 0.364. The van der Waals surface area contributed by atoms with Crippen LogP contribution in [0.5, 0.6) is 0 Å². The van der Waals surface area contributed by atoms with Crippen molar-refractivity contribution < 1.29 is 4.79 Å². The smallest absolute Gasteiger partial charge is 0.252 e. The summed E-state index contributed by atoms with van der Waals surface area (Å²) in [6.07, 6.45) is 0. The van der Waals surface area contributed by atoms with Gasteiger partial charge in [0, 0.05) is 25.8 Å². The number of hydrogen-bond acceptors (Lipinski definition) is 3. The first-order valence-electron chi connectivity index (χ1n) is 5.19. The van der Waals surface area contributed by atoms with Gasteiger partial charge in [-0.05, 0) is 18.2 Å². The molecule has 0 saturated carbocycles. The van der Waals surface area contributed by atoms with Gasteiger partial charge in [-0.1, -0.05) is 11.6 Å². The second kappa shape index (κ2) is 4.72. The van der Waals surface area contributed by atoms with Crippen molar-refractivity contribution in [3.05, 3.63) is 28.8 Å². The van der Waals surface area contributed by atoms with Crippen molar-refractivity contribution in [2.45, 2.75) is 6.04 Å². The highest BCUT2D eigenvalue weighted by atomic mass is 35.5. The maximum atomic E-state index is 11.5. The molecule has 1 saturated heterocycles. The second-order valence-electron chi connectivity index (χ2n) is 3.77. The number of halogens is 1. The number of hydrogen-bond donors (Lipinski definition) is 3. The van der Waals surface area contributed by atoms with Crippen molar-refractivity contribution >= 4 is 23.2 Å². The van der Waals surface area contributed by atoms with Crippen LogP contribution in [-0.2, 0) is 0 Å². The minimum atomic E-state index is -0.166. The lowest BCUT2D eigenvalue weighted by atomic mass is 10.1. The van der Waals surface area contributed by atoms with Crippen molar-refractivity contribution in [2.24, 2.45) is 0 Å². The van der Waals surface area contributed by atoms with Gasteiger partial charge in [-0.25, -0.2) is 0 Å². The van der Waals surface area contributed by atoms with Crippen LogP contribution in [0, 0.1) is 0 Å². The van der Waals surface area contributed by atoms with Crippen LogP contribution < -0.4 is 16.0 Å². The number of carbonyl (C=O) groups excluding carboxylic acids is 1. The molecule has 0 atom stereocenters. The minimum Gasteiger partial charge on any atom is -0.380 e. The lowest BCUT2D eigenvalue weighted by molar-refractivity contribution is 0.0963.